The first kappa shape index (κ1) is 14.0. The number of pyridine rings is 1. The molecule has 3 heteroatoms. The highest BCUT2D eigenvalue weighted by Gasteiger charge is 1.98. The molecule has 0 aliphatic rings. The standard InChI is InChI=1S/C19H16N2O/c1-14(22)21-17-10-7-15(8-11-17)6-9-16-12-13-20-19-5-3-2-4-18(16)19/h2-13H,1H3,(H,21,22)/b9-6-. The molecule has 3 rings (SSSR count). The van der Waals surface area contributed by atoms with E-state index in [9.17, 15) is 4.79 Å². The molecule has 22 heavy (non-hydrogen) atoms. The van der Waals surface area contributed by atoms with E-state index in [4.69, 9.17) is 0 Å². The van der Waals surface area contributed by atoms with Gasteiger partial charge in [-0.15, -0.1) is 0 Å². The predicted molar refractivity (Wildman–Crippen MR) is 91.4 cm³/mol. The topological polar surface area (TPSA) is 42.0 Å². The zero-order valence-electron chi connectivity index (χ0n) is 12.3. The first-order chi connectivity index (χ1) is 10.7. The van der Waals surface area contributed by atoms with E-state index in [1.165, 1.54) is 6.92 Å². The summed E-state index contributed by atoms with van der Waals surface area (Å²) in [4.78, 5) is 15.4. The van der Waals surface area contributed by atoms with Gasteiger partial charge in [0.25, 0.3) is 0 Å². The number of hydrogen-bond acceptors (Lipinski definition) is 2. The maximum atomic E-state index is 11.0. The fourth-order valence-electron chi connectivity index (χ4n) is 2.33. The zero-order valence-corrected chi connectivity index (χ0v) is 12.3. The van der Waals surface area contributed by atoms with Crippen LogP contribution in [0.25, 0.3) is 23.1 Å². The Morgan fingerprint density at radius 2 is 1.77 bits per heavy atom. The number of fused-ring (bicyclic) bond motifs is 1. The molecule has 0 saturated carbocycles. The van der Waals surface area contributed by atoms with E-state index in [1.54, 1.807) is 0 Å². The van der Waals surface area contributed by atoms with Crippen LogP contribution in [0.5, 0.6) is 0 Å². The molecular weight excluding hydrogens is 272 g/mol. The summed E-state index contributed by atoms with van der Waals surface area (Å²) in [5.41, 5.74) is 4.01. The fourth-order valence-corrected chi connectivity index (χ4v) is 2.33. The van der Waals surface area contributed by atoms with Gasteiger partial charge in [-0.25, -0.2) is 0 Å². The summed E-state index contributed by atoms with van der Waals surface area (Å²) in [6.07, 6.45) is 5.96. The van der Waals surface area contributed by atoms with Crippen LogP contribution in [-0.4, -0.2) is 10.9 Å². The highest BCUT2D eigenvalue weighted by Crippen LogP contribution is 2.19. The van der Waals surface area contributed by atoms with Crippen molar-refractivity contribution in [2.75, 3.05) is 5.32 Å². The smallest absolute Gasteiger partial charge is 0.221 e. The zero-order chi connectivity index (χ0) is 15.4. The van der Waals surface area contributed by atoms with Crippen LogP contribution in [0, 0.1) is 0 Å². The van der Waals surface area contributed by atoms with Crippen molar-refractivity contribution in [2.24, 2.45) is 0 Å². The van der Waals surface area contributed by atoms with Crippen molar-refractivity contribution in [2.45, 2.75) is 6.92 Å². The highest BCUT2D eigenvalue weighted by molar-refractivity contribution is 5.91. The third-order valence-electron chi connectivity index (χ3n) is 3.37. The van der Waals surface area contributed by atoms with Gasteiger partial charge in [-0.05, 0) is 35.4 Å². The molecular formula is C19H16N2O. The molecule has 3 aromatic rings. The molecule has 1 aromatic heterocycles. The Kier molecular flexibility index (Phi) is 3.97. The number of para-hydroxylation sites is 1. The number of anilines is 1. The number of rotatable bonds is 3. The maximum Gasteiger partial charge on any atom is 0.221 e. The average molecular weight is 288 g/mol. The summed E-state index contributed by atoms with van der Waals surface area (Å²) in [7, 11) is 0. The fraction of sp³-hybridized carbons (Fsp3) is 0.0526. The molecule has 0 unspecified atom stereocenters. The Morgan fingerprint density at radius 3 is 2.55 bits per heavy atom. The number of nitrogens with zero attached hydrogens (tertiary/aromatic N) is 1. The van der Waals surface area contributed by atoms with Crippen molar-refractivity contribution in [3.63, 3.8) is 0 Å². The predicted octanol–water partition coefficient (Wildman–Crippen LogP) is 4.36. The number of hydrogen-bond donors (Lipinski definition) is 1. The Bertz CT molecular complexity index is 830. The van der Waals surface area contributed by atoms with E-state index < -0.39 is 0 Å². The van der Waals surface area contributed by atoms with Gasteiger partial charge in [-0.3, -0.25) is 9.78 Å². The monoisotopic (exact) mass is 288 g/mol. The molecule has 1 amide bonds. The van der Waals surface area contributed by atoms with Gasteiger partial charge in [0.05, 0.1) is 5.52 Å². The molecule has 0 radical (unpaired) electrons. The van der Waals surface area contributed by atoms with Crippen LogP contribution in [-0.2, 0) is 4.79 Å². The van der Waals surface area contributed by atoms with Crippen LogP contribution < -0.4 is 5.32 Å². The van der Waals surface area contributed by atoms with E-state index in [0.717, 1.165) is 27.7 Å². The van der Waals surface area contributed by atoms with Gasteiger partial charge in [0.1, 0.15) is 0 Å². The maximum absolute atomic E-state index is 11.0. The van der Waals surface area contributed by atoms with Crippen LogP contribution >= 0.6 is 0 Å². The van der Waals surface area contributed by atoms with Gasteiger partial charge in [0.15, 0.2) is 0 Å². The van der Waals surface area contributed by atoms with Crippen molar-refractivity contribution in [3.8, 4) is 0 Å². The van der Waals surface area contributed by atoms with Crippen LogP contribution in [0.1, 0.15) is 18.1 Å². The van der Waals surface area contributed by atoms with E-state index >= 15 is 0 Å². The number of carbonyl (C=O) groups excluding carboxylic acids is 1. The Hall–Kier alpha value is -2.94. The van der Waals surface area contributed by atoms with Gasteiger partial charge in [0.2, 0.25) is 5.91 Å². The normalized spacial score (nSPS) is 11.0. The SMILES string of the molecule is CC(=O)Nc1ccc(/C=C\c2ccnc3ccccc23)cc1. The van der Waals surface area contributed by atoms with Gasteiger partial charge < -0.3 is 5.32 Å². The number of carbonyl (C=O) groups is 1. The minimum absolute atomic E-state index is 0.0634. The molecule has 0 aliphatic heterocycles. The molecule has 0 spiro atoms. The molecule has 3 nitrogen and oxygen atoms in total. The molecule has 0 aliphatic carbocycles. The van der Waals surface area contributed by atoms with Crippen LogP contribution in [0.15, 0.2) is 60.8 Å². The summed E-state index contributed by atoms with van der Waals surface area (Å²) in [6, 6.07) is 17.8. The van der Waals surface area contributed by atoms with Crippen molar-refractivity contribution >= 4 is 34.6 Å². The van der Waals surface area contributed by atoms with Gasteiger partial charge in [0, 0.05) is 24.2 Å². The van der Waals surface area contributed by atoms with Crippen molar-refractivity contribution in [1.29, 1.82) is 0 Å². The lowest BCUT2D eigenvalue weighted by atomic mass is 10.1. The van der Waals surface area contributed by atoms with Crippen molar-refractivity contribution in [1.82, 2.24) is 4.98 Å². The Balaban J connectivity index is 1.85. The quantitative estimate of drug-likeness (QED) is 0.778. The largest absolute Gasteiger partial charge is 0.326 e. The molecule has 0 atom stereocenters. The second-order valence-electron chi connectivity index (χ2n) is 5.05. The molecule has 0 saturated heterocycles. The van der Waals surface area contributed by atoms with E-state index in [2.05, 4.69) is 28.5 Å². The van der Waals surface area contributed by atoms with Crippen LogP contribution in [0.3, 0.4) is 0 Å². The Morgan fingerprint density at radius 1 is 1.00 bits per heavy atom. The minimum Gasteiger partial charge on any atom is -0.326 e. The van der Waals surface area contributed by atoms with E-state index in [1.807, 2.05) is 54.7 Å². The first-order valence-corrected chi connectivity index (χ1v) is 7.12. The lowest BCUT2D eigenvalue weighted by molar-refractivity contribution is -0.114. The summed E-state index contributed by atoms with van der Waals surface area (Å²) in [5, 5.41) is 3.89. The summed E-state index contributed by atoms with van der Waals surface area (Å²) >= 11 is 0. The molecule has 0 bridgehead atoms. The second kappa shape index (κ2) is 6.22. The van der Waals surface area contributed by atoms with Crippen molar-refractivity contribution in [3.05, 3.63) is 71.9 Å². The number of nitrogens with one attached hydrogen (secondary N) is 1. The minimum atomic E-state index is -0.0634. The number of amides is 1. The van der Waals surface area contributed by atoms with Crippen LogP contribution in [0.4, 0.5) is 5.69 Å². The Labute approximate surface area is 129 Å². The molecule has 0 fully saturated rings. The van der Waals surface area contributed by atoms with Crippen LogP contribution in [0.2, 0.25) is 0 Å². The average Bonchev–Trinajstić information content (AvgIpc) is 2.54. The van der Waals surface area contributed by atoms with Gasteiger partial charge >= 0.3 is 0 Å². The molecule has 1 N–H and O–H groups in total. The lowest BCUT2D eigenvalue weighted by Crippen LogP contribution is -2.05. The summed E-state index contributed by atoms with van der Waals surface area (Å²) in [6.45, 7) is 1.50. The number of benzene rings is 2. The van der Waals surface area contributed by atoms with Gasteiger partial charge in [-0.1, -0.05) is 42.5 Å². The van der Waals surface area contributed by atoms with E-state index in [-0.39, 0.29) is 5.91 Å². The van der Waals surface area contributed by atoms with Gasteiger partial charge in [-0.2, -0.15) is 0 Å². The van der Waals surface area contributed by atoms with E-state index in [0.29, 0.717) is 0 Å². The first-order valence-electron chi connectivity index (χ1n) is 7.12. The van der Waals surface area contributed by atoms with Crippen molar-refractivity contribution < 1.29 is 4.79 Å². The summed E-state index contributed by atoms with van der Waals surface area (Å²) in [5.74, 6) is -0.0634. The molecule has 1 heterocycles. The number of aromatic nitrogens is 1. The summed E-state index contributed by atoms with van der Waals surface area (Å²) < 4.78 is 0. The second-order valence-corrected chi connectivity index (χ2v) is 5.05. The third-order valence-corrected chi connectivity index (χ3v) is 3.37. The third kappa shape index (κ3) is 3.20. The molecule has 108 valence electrons. The highest BCUT2D eigenvalue weighted by atomic mass is 16.1. The molecule has 2 aromatic carbocycles. The lowest BCUT2D eigenvalue weighted by Gasteiger charge is -2.03.